The summed E-state index contributed by atoms with van der Waals surface area (Å²) in [6, 6.07) is 13.4. The van der Waals surface area contributed by atoms with Crippen molar-refractivity contribution in [1.29, 1.82) is 0 Å². The summed E-state index contributed by atoms with van der Waals surface area (Å²) in [6.45, 7) is 0. The highest BCUT2D eigenvalue weighted by molar-refractivity contribution is 9.10. The molecule has 1 heterocycles. The molecule has 0 bridgehead atoms. The van der Waals surface area contributed by atoms with E-state index in [1.165, 1.54) is 0 Å². The van der Waals surface area contributed by atoms with Gasteiger partial charge in [-0.15, -0.1) is 0 Å². The van der Waals surface area contributed by atoms with Gasteiger partial charge in [0.15, 0.2) is 11.5 Å². The number of nitrogens with two attached hydrogens (primary N) is 1. The van der Waals surface area contributed by atoms with Crippen LogP contribution in [-0.4, -0.2) is 31.3 Å². The molecule has 2 N–H and O–H groups in total. The van der Waals surface area contributed by atoms with E-state index >= 15 is 0 Å². The first-order chi connectivity index (χ1) is 12.5. The quantitative estimate of drug-likeness (QED) is 0.672. The van der Waals surface area contributed by atoms with E-state index in [1.54, 1.807) is 21.3 Å². The van der Waals surface area contributed by atoms with Gasteiger partial charge in [0.1, 0.15) is 0 Å². The number of rotatable bonds is 5. The average Bonchev–Trinajstić information content (AvgIpc) is 2.66. The van der Waals surface area contributed by atoms with E-state index in [9.17, 15) is 0 Å². The molecule has 2 aromatic carbocycles. The fourth-order valence-electron chi connectivity index (χ4n) is 2.64. The molecule has 0 amide bonds. The molecule has 0 saturated carbocycles. The molecule has 0 fully saturated rings. The number of hydrogen-bond donors (Lipinski definition) is 1. The molecule has 1 aromatic heterocycles. The van der Waals surface area contributed by atoms with Crippen LogP contribution in [0.1, 0.15) is 0 Å². The maximum atomic E-state index is 5.95. The third kappa shape index (κ3) is 3.57. The number of nitrogens with zero attached hydrogens (tertiary/aromatic N) is 2. The van der Waals surface area contributed by atoms with Gasteiger partial charge < -0.3 is 19.9 Å². The van der Waals surface area contributed by atoms with Crippen molar-refractivity contribution >= 4 is 21.9 Å². The maximum Gasteiger partial charge on any atom is 0.221 e. The van der Waals surface area contributed by atoms with Crippen molar-refractivity contribution in [3.05, 3.63) is 46.9 Å². The second-order valence-corrected chi connectivity index (χ2v) is 6.34. The van der Waals surface area contributed by atoms with E-state index in [0.717, 1.165) is 21.3 Å². The van der Waals surface area contributed by atoms with Gasteiger partial charge in [-0.05, 0) is 30.3 Å². The maximum absolute atomic E-state index is 5.95. The van der Waals surface area contributed by atoms with Gasteiger partial charge in [-0.3, -0.25) is 0 Å². The summed E-state index contributed by atoms with van der Waals surface area (Å²) in [5.41, 5.74) is 9.05. The molecule has 26 heavy (non-hydrogen) atoms. The van der Waals surface area contributed by atoms with Gasteiger partial charge in [0.2, 0.25) is 11.7 Å². The van der Waals surface area contributed by atoms with E-state index in [1.807, 2.05) is 42.5 Å². The molecule has 0 atom stereocenters. The van der Waals surface area contributed by atoms with Crippen LogP contribution >= 0.6 is 15.9 Å². The molecule has 134 valence electrons. The summed E-state index contributed by atoms with van der Waals surface area (Å²) >= 11 is 3.47. The van der Waals surface area contributed by atoms with Gasteiger partial charge in [-0.2, -0.15) is 0 Å². The highest BCUT2D eigenvalue weighted by Crippen LogP contribution is 2.41. The van der Waals surface area contributed by atoms with Crippen molar-refractivity contribution in [3.63, 3.8) is 0 Å². The van der Waals surface area contributed by atoms with Crippen LogP contribution in [0.15, 0.2) is 46.9 Å². The summed E-state index contributed by atoms with van der Waals surface area (Å²) < 4.78 is 17.2. The van der Waals surface area contributed by atoms with Gasteiger partial charge in [-0.25, -0.2) is 9.97 Å². The zero-order chi connectivity index (χ0) is 18.7. The number of nitrogen functional groups attached to an aromatic ring is 1. The third-order valence-electron chi connectivity index (χ3n) is 3.82. The zero-order valence-electron chi connectivity index (χ0n) is 14.6. The van der Waals surface area contributed by atoms with Crippen molar-refractivity contribution in [2.45, 2.75) is 0 Å². The molecule has 0 saturated heterocycles. The van der Waals surface area contributed by atoms with E-state index in [0.29, 0.717) is 22.9 Å². The second-order valence-electron chi connectivity index (χ2n) is 5.42. The number of benzene rings is 2. The molecule has 0 aliphatic heterocycles. The molecule has 0 radical (unpaired) electrons. The molecule has 7 heteroatoms. The van der Waals surface area contributed by atoms with Gasteiger partial charge in [0, 0.05) is 15.6 Å². The SMILES string of the molecule is COc1cc(-c2cc(-c3cccc(Br)c3)nc(N)n2)cc(OC)c1OC. The first-order valence-electron chi connectivity index (χ1n) is 7.76. The number of methoxy groups -OCH3 is 3. The lowest BCUT2D eigenvalue weighted by Gasteiger charge is -2.14. The predicted octanol–water partition coefficient (Wildman–Crippen LogP) is 4.18. The minimum absolute atomic E-state index is 0.186. The third-order valence-corrected chi connectivity index (χ3v) is 4.32. The summed E-state index contributed by atoms with van der Waals surface area (Å²) in [4.78, 5) is 8.71. The fourth-order valence-corrected chi connectivity index (χ4v) is 3.04. The van der Waals surface area contributed by atoms with Gasteiger partial charge in [0.25, 0.3) is 0 Å². The van der Waals surface area contributed by atoms with E-state index in [2.05, 4.69) is 25.9 Å². The van der Waals surface area contributed by atoms with Crippen molar-refractivity contribution in [1.82, 2.24) is 9.97 Å². The highest BCUT2D eigenvalue weighted by Gasteiger charge is 2.16. The van der Waals surface area contributed by atoms with Crippen LogP contribution in [0.5, 0.6) is 17.2 Å². The molecule has 3 aromatic rings. The minimum atomic E-state index is 0.186. The Balaban J connectivity index is 2.15. The molecule has 0 aliphatic rings. The predicted molar refractivity (Wildman–Crippen MR) is 105 cm³/mol. The molecule has 3 rings (SSSR count). The number of halogens is 1. The summed E-state index contributed by atoms with van der Waals surface area (Å²) in [5.74, 6) is 1.80. The smallest absolute Gasteiger partial charge is 0.221 e. The standard InChI is InChI=1S/C19H18BrN3O3/c1-24-16-8-12(9-17(25-2)18(16)26-3)15-10-14(22-19(21)23-15)11-5-4-6-13(20)7-11/h4-10H,1-3H3,(H2,21,22,23). The molecule has 0 spiro atoms. The topological polar surface area (TPSA) is 79.5 Å². The highest BCUT2D eigenvalue weighted by atomic mass is 79.9. The Labute approximate surface area is 160 Å². The van der Waals surface area contributed by atoms with Crippen molar-refractivity contribution < 1.29 is 14.2 Å². The summed E-state index contributed by atoms with van der Waals surface area (Å²) in [5, 5.41) is 0. The van der Waals surface area contributed by atoms with E-state index in [4.69, 9.17) is 19.9 Å². The average molecular weight is 416 g/mol. The normalized spacial score (nSPS) is 10.5. The fraction of sp³-hybridized carbons (Fsp3) is 0.158. The number of anilines is 1. The van der Waals surface area contributed by atoms with Crippen molar-refractivity contribution in [3.8, 4) is 39.8 Å². The van der Waals surface area contributed by atoms with Gasteiger partial charge >= 0.3 is 0 Å². The van der Waals surface area contributed by atoms with Crippen molar-refractivity contribution in [2.75, 3.05) is 27.1 Å². The Morgan fingerprint density at radius 1 is 0.808 bits per heavy atom. The van der Waals surface area contributed by atoms with Crippen molar-refractivity contribution in [2.24, 2.45) is 0 Å². The molecule has 0 aliphatic carbocycles. The number of ether oxygens (including phenoxy) is 3. The van der Waals surface area contributed by atoms with Gasteiger partial charge in [-0.1, -0.05) is 28.1 Å². The number of aromatic nitrogens is 2. The van der Waals surface area contributed by atoms with Crippen LogP contribution in [0.2, 0.25) is 0 Å². The molecule has 6 nitrogen and oxygen atoms in total. The Bertz CT molecular complexity index is 922. The van der Waals surface area contributed by atoms with Crippen LogP contribution < -0.4 is 19.9 Å². The monoisotopic (exact) mass is 415 g/mol. The largest absolute Gasteiger partial charge is 0.493 e. The minimum Gasteiger partial charge on any atom is -0.493 e. The van der Waals surface area contributed by atoms with Crippen LogP contribution in [0.4, 0.5) is 5.95 Å². The van der Waals surface area contributed by atoms with E-state index < -0.39 is 0 Å². The lowest BCUT2D eigenvalue weighted by atomic mass is 10.1. The lowest BCUT2D eigenvalue weighted by molar-refractivity contribution is 0.324. The Kier molecular flexibility index (Phi) is 5.27. The second kappa shape index (κ2) is 7.61. The molecular formula is C19H18BrN3O3. The molecular weight excluding hydrogens is 398 g/mol. The first-order valence-corrected chi connectivity index (χ1v) is 8.56. The summed E-state index contributed by atoms with van der Waals surface area (Å²) in [7, 11) is 4.71. The van der Waals surface area contributed by atoms with Gasteiger partial charge in [0.05, 0.1) is 32.7 Å². The Morgan fingerprint density at radius 2 is 1.42 bits per heavy atom. The van der Waals surface area contributed by atoms with Crippen LogP contribution in [0.25, 0.3) is 22.5 Å². The van der Waals surface area contributed by atoms with Crippen LogP contribution in [-0.2, 0) is 0 Å². The summed E-state index contributed by atoms with van der Waals surface area (Å²) in [6.07, 6.45) is 0. The Hall–Kier alpha value is -2.80. The number of hydrogen-bond acceptors (Lipinski definition) is 6. The lowest BCUT2D eigenvalue weighted by Crippen LogP contribution is -2.00. The van der Waals surface area contributed by atoms with E-state index in [-0.39, 0.29) is 5.95 Å². The Morgan fingerprint density at radius 3 is 1.96 bits per heavy atom. The first kappa shape index (κ1) is 18.0. The molecule has 0 unspecified atom stereocenters. The zero-order valence-corrected chi connectivity index (χ0v) is 16.2. The van der Waals surface area contributed by atoms with Crippen LogP contribution in [0.3, 0.4) is 0 Å². The van der Waals surface area contributed by atoms with Crippen LogP contribution in [0, 0.1) is 0 Å².